The third-order valence-corrected chi connectivity index (χ3v) is 3.26. The molecule has 0 saturated carbocycles. The third kappa shape index (κ3) is 2.56. The number of anilines is 2. The normalized spacial score (nSPS) is 10.6. The maximum absolute atomic E-state index is 10.8. The summed E-state index contributed by atoms with van der Waals surface area (Å²) in [5, 5.41) is 16.3. The van der Waals surface area contributed by atoms with Gasteiger partial charge in [0.15, 0.2) is 0 Å². The number of nitrogens with two attached hydrogens (primary N) is 1. The highest BCUT2D eigenvalue weighted by Gasteiger charge is 2.11. The molecule has 2 aromatic heterocycles. The van der Waals surface area contributed by atoms with Crippen molar-refractivity contribution in [1.82, 2.24) is 14.8 Å². The van der Waals surface area contributed by atoms with Gasteiger partial charge in [-0.2, -0.15) is 5.10 Å². The fraction of sp³-hybridized carbons (Fsp3) is 0.308. The Hall–Kier alpha value is -2.57. The lowest BCUT2D eigenvalue weighted by atomic mass is 10.2. The molecule has 4 N–H and O–H groups in total. The summed E-state index contributed by atoms with van der Waals surface area (Å²) >= 11 is 0. The van der Waals surface area contributed by atoms with Gasteiger partial charge in [0.2, 0.25) is 0 Å². The maximum atomic E-state index is 10.8. The molecule has 20 heavy (non-hydrogen) atoms. The Morgan fingerprint density at radius 3 is 2.70 bits per heavy atom. The van der Waals surface area contributed by atoms with Gasteiger partial charge >= 0.3 is 5.97 Å². The molecule has 0 aliphatic rings. The van der Waals surface area contributed by atoms with Crippen molar-refractivity contribution in [1.29, 1.82) is 0 Å². The number of aromatic carboxylic acids is 1. The molecule has 0 saturated heterocycles. The molecule has 7 nitrogen and oxygen atoms in total. The van der Waals surface area contributed by atoms with E-state index in [1.54, 1.807) is 0 Å². The molecule has 2 rings (SSSR count). The highest BCUT2D eigenvalue weighted by molar-refractivity contribution is 5.89. The maximum Gasteiger partial charge on any atom is 0.337 e. The number of pyridine rings is 1. The van der Waals surface area contributed by atoms with Crippen molar-refractivity contribution in [2.75, 3.05) is 11.1 Å². The highest BCUT2D eigenvalue weighted by Crippen LogP contribution is 2.19. The van der Waals surface area contributed by atoms with Crippen LogP contribution in [0, 0.1) is 13.8 Å². The van der Waals surface area contributed by atoms with E-state index in [4.69, 9.17) is 10.8 Å². The molecule has 0 aromatic carbocycles. The Labute approximate surface area is 116 Å². The van der Waals surface area contributed by atoms with E-state index in [1.165, 1.54) is 12.3 Å². The summed E-state index contributed by atoms with van der Waals surface area (Å²) in [6.07, 6.45) is 1.28. The second-order valence-electron chi connectivity index (χ2n) is 4.59. The molecule has 7 heteroatoms. The zero-order valence-corrected chi connectivity index (χ0v) is 11.6. The molecule has 0 aliphatic heterocycles. The van der Waals surface area contributed by atoms with Crippen molar-refractivity contribution in [2.45, 2.75) is 20.4 Å². The zero-order valence-electron chi connectivity index (χ0n) is 11.6. The van der Waals surface area contributed by atoms with Gasteiger partial charge in [-0.05, 0) is 19.9 Å². The van der Waals surface area contributed by atoms with E-state index in [9.17, 15) is 4.79 Å². The Bertz CT molecular complexity index is 663. The molecular formula is C13H17N5O2. The largest absolute Gasteiger partial charge is 0.478 e. The molecular weight excluding hydrogens is 258 g/mol. The molecule has 0 fully saturated rings. The van der Waals surface area contributed by atoms with Crippen LogP contribution < -0.4 is 11.1 Å². The topological polar surface area (TPSA) is 106 Å². The standard InChI is InChI=1S/C13H17N5O2/c1-7-10(8(2)18(3)17-7)6-16-12-11(14)4-9(5-15-12)13(19)20/h4-5H,6,14H2,1-3H3,(H,15,16)(H,19,20). The summed E-state index contributed by atoms with van der Waals surface area (Å²) in [6.45, 7) is 4.46. The van der Waals surface area contributed by atoms with E-state index in [-0.39, 0.29) is 5.56 Å². The number of aromatic nitrogens is 3. The molecule has 0 bridgehead atoms. The SMILES string of the molecule is Cc1nn(C)c(C)c1CNc1ncc(C(=O)O)cc1N. The average Bonchev–Trinajstić information content (AvgIpc) is 2.62. The highest BCUT2D eigenvalue weighted by atomic mass is 16.4. The molecule has 2 heterocycles. The van der Waals surface area contributed by atoms with Gasteiger partial charge in [0.05, 0.1) is 16.9 Å². The van der Waals surface area contributed by atoms with Gasteiger partial charge in [-0.3, -0.25) is 4.68 Å². The summed E-state index contributed by atoms with van der Waals surface area (Å²) < 4.78 is 1.82. The lowest BCUT2D eigenvalue weighted by Crippen LogP contribution is -2.08. The number of carbonyl (C=O) groups is 1. The zero-order chi connectivity index (χ0) is 14.9. The first-order valence-corrected chi connectivity index (χ1v) is 6.12. The van der Waals surface area contributed by atoms with Crippen molar-refractivity contribution in [3.05, 3.63) is 34.8 Å². The smallest absolute Gasteiger partial charge is 0.337 e. The van der Waals surface area contributed by atoms with Gasteiger partial charge in [0, 0.05) is 31.0 Å². The number of rotatable bonds is 4. The number of hydrogen-bond acceptors (Lipinski definition) is 5. The van der Waals surface area contributed by atoms with Crippen LogP contribution in [0.4, 0.5) is 11.5 Å². The van der Waals surface area contributed by atoms with E-state index in [0.29, 0.717) is 18.1 Å². The van der Waals surface area contributed by atoms with E-state index in [2.05, 4.69) is 15.4 Å². The summed E-state index contributed by atoms with van der Waals surface area (Å²) in [4.78, 5) is 14.8. The molecule has 106 valence electrons. The van der Waals surface area contributed by atoms with Crippen LogP contribution in [0.3, 0.4) is 0 Å². The minimum absolute atomic E-state index is 0.0711. The first-order chi connectivity index (χ1) is 9.40. The predicted molar refractivity (Wildman–Crippen MR) is 75.6 cm³/mol. The van der Waals surface area contributed by atoms with Crippen LogP contribution in [-0.4, -0.2) is 25.8 Å². The van der Waals surface area contributed by atoms with Crippen LogP contribution in [0.25, 0.3) is 0 Å². The van der Waals surface area contributed by atoms with Gasteiger partial charge in [0.1, 0.15) is 5.82 Å². The minimum Gasteiger partial charge on any atom is -0.478 e. The molecule has 0 aliphatic carbocycles. The fourth-order valence-corrected chi connectivity index (χ4v) is 1.99. The van der Waals surface area contributed by atoms with E-state index < -0.39 is 5.97 Å². The van der Waals surface area contributed by atoms with Crippen molar-refractivity contribution in [3.63, 3.8) is 0 Å². The molecule has 0 amide bonds. The van der Waals surface area contributed by atoms with Crippen LogP contribution in [0.1, 0.15) is 27.3 Å². The van der Waals surface area contributed by atoms with Gasteiger partial charge in [-0.25, -0.2) is 9.78 Å². The Morgan fingerprint density at radius 1 is 1.50 bits per heavy atom. The number of nitrogens with one attached hydrogen (secondary N) is 1. The van der Waals surface area contributed by atoms with Crippen molar-refractivity contribution in [2.24, 2.45) is 7.05 Å². The summed E-state index contributed by atoms with van der Waals surface area (Å²) in [6, 6.07) is 1.39. The van der Waals surface area contributed by atoms with E-state index in [1.807, 2.05) is 25.6 Å². The Balaban J connectivity index is 2.17. The molecule has 0 atom stereocenters. The third-order valence-electron chi connectivity index (χ3n) is 3.26. The summed E-state index contributed by atoms with van der Waals surface area (Å²) in [7, 11) is 1.89. The monoisotopic (exact) mass is 275 g/mol. The number of carboxylic acids is 1. The van der Waals surface area contributed by atoms with Gasteiger partial charge < -0.3 is 16.2 Å². The number of nitrogen functional groups attached to an aromatic ring is 1. The van der Waals surface area contributed by atoms with E-state index in [0.717, 1.165) is 17.0 Å². The van der Waals surface area contributed by atoms with Crippen LogP contribution in [0.15, 0.2) is 12.3 Å². The molecule has 0 spiro atoms. The van der Waals surface area contributed by atoms with Crippen LogP contribution >= 0.6 is 0 Å². The number of hydrogen-bond donors (Lipinski definition) is 3. The lowest BCUT2D eigenvalue weighted by Gasteiger charge is -2.09. The number of aryl methyl sites for hydroxylation is 2. The first-order valence-electron chi connectivity index (χ1n) is 6.12. The molecule has 0 radical (unpaired) electrons. The second kappa shape index (κ2) is 5.20. The van der Waals surface area contributed by atoms with Gasteiger partial charge in [-0.1, -0.05) is 0 Å². The van der Waals surface area contributed by atoms with Crippen LogP contribution in [0.2, 0.25) is 0 Å². The van der Waals surface area contributed by atoms with Crippen molar-refractivity contribution >= 4 is 17.5 Å². The van der Waals surface area contributed by atoms with Crippen molar-refractivity contribution in [3.8, 4) is 0 Å². The first kappa shape index (κ1) is 13.9. The summed E-state index contributed by atoms with van der Waals surface area (Å²) in [5.41, 5.74) is 9.26. The number of carboxylic acid groups (broad SMARTS) is 1. The fourth-order valence-electron chi connectivity index (χ4n) is 1.99. The number of nitrogens with zero attached hydrogens (tertiary/aromatic N) is 3. The van der Waals surface area contributed by atoms with Crippen LogP contribution in [-0.2, 0) is 13.6 Å². The van der Waals surface area contributed by atoms with Gasteiger partial charge in [-0.15, -0.1) is 0 Å². The minimum atomic E-state index is -1.05. The molecule has 2 aromatic rings. The van der Waals surface area contributed by atoms with Crippen molar-refractivity contribution < 1.29 is 9.90 Å². The quantitative estimate of drug-likeness (QED) is 0.777. The van der Waals surface area contributed by atoms with Gasteiger partial charge in [0.25, 0.3) is 0 Å². The Morgan fingerprint density at radius 2 is 2.20 bits per heavy atom. The second-order valence-corrected chi connectivity index (χ2v) is 4.59. The molecule has 0 unspecified atom stereocenters. The average molecular weight is 275 g/mol. The summed E-state index contributed by atoms with van der Waals surface area (Å²) in [5.74, 6) is -0.577. The lowest BCUT2D eigenvalue weighted by molar-refractivity contribution is 0.0696. The Kier molecular flexibility index (Phi) is 3.60. The van der Waals surface area contributed by atoms with E-state index >= 15 is 0 Å². The van der Waals surface area contributed by atoms with Crippen LogP contribution in [0.5, 0.6) is 0 Å². The predicted octanol–water partition coefficient (Wildman–Crippen LogP) is 1.32.